The van der Waals surface area contributed by atoms with E-state index in [0.717, 1.165) is 15.7 Å². The van der Waals surface area contributed by atoms with Crippen LogP contribution < -0.4 is 5.46 Å². The summed E-state index contributed by atoms with van der Waals surface area (Å²) in [6.07, 6.45) is 2.45. The Bertz CT molecular complexity index is 984. The Labute approximate surface area is 138 Å². The van der Waals surface area contributed by atoms with Gasteiger partial charge in [0.15, 0.2) is 5.65 Å². The van der Waals surface area contributed by atoms with Crippen molar-refractivity contribution in [2.75, 3.05) is 0 Å². The number of aromatic nitrogens is 2. The van der Waals surface area contributed by atoms with Crippen molar-refractivity contribution in [3.05, 3.63) is 53.3 Å². The zero-order valence-corrected chi connectivity index (χ0v) is 13.6. The third kappa shape index (κ3) is 2.74. The molecule has 0 amide bonds. The molecule has 0 aliphatic rings. The summed E-state index contributed by atoms with van der Waals surface area (Å²) in [5.41, 5.74) is 1.03. The van der Waals surface area contributed by atoms with E-state index in [4.69, 9.17) is 11.6 Å². The van der Waals surface area contributed by atoms with Crippen LogP contribution in [0.3, 0.4) is 0 Å². The van der Waals surface area contributed by atoms with Crippen molar-refractivity contribution in [1.29, 1.82) is 0 Å². The van der Waals surface area contributed by atoms with Gasteiger partial charge in [0.2, 0.25) is 0 Å². The summed E-state index contributed by atoms with van der Waals surface area (Å²) in [6, 6.07) is 7.79. The van der Waals surface area contributed by atoms with Gasteiger partial charge < -0.3 is 10.0 Å². The van der Waals surface area contributed by atoms with Crippen LogP contribution in [0.5, 0.6) is 0 Å². The lowest BCUT2D eigenvalue weighted by molar-refractivity contribution is 0.426. The molecule has 0 saturated heterocycles. The van der Waals surface area contributed by atoms with Crippen LogP contribution in [0.25, 0.3) is 11.0 Å². The Balaban J connectivity index is 2.29. The topological polar surface area (TPSA) is 92.4 Å². The molecule has 6 nitrogen and oxygen atoms in total. The number of hydrogen-bond donors (Lipinski definition) is 2. The fourth-order valence-electron chi connectivity index (χ4n) is 2.29. The lowest BCUT2D eigenvalue weighted by Crippen LogP contribution is -2.29. The molecule has 1 aromatic carbocycles. The highest BCUT2D eigenvalue weighted by Crippen LogP contribution is 2.22. The third-order valence-electron chi connectivity index (χ3n) is 3.47. The molecule has 23 heavy (non-hydrogen) atoms. The minimum absolute atomic E-state index is 0.0192. The van der Waals surface area contributed by atoms with Crippen LogP contribution in [-0.4, -0.2) is 34.5 Å². The molecule has 2 heterocycles. The number of halogens is 1. The van der Waals surface area contributed by atoms with Crippen LogP contribution in [0.4, 0.5) is 0 Å². The van der Waals surface area contributed by atoms with Crippen molar-refractivity contribution in [1.82, 2.24) is 8.96 Å². The van der Waals surface area contributed by atoms with Gasteiger partial charge in [0.25, 0.3) is 10.0 Å². The average Bonchev–Trinajstić information content (AvgIpc) is 2.87. The normalized spacial score (nSPS) is 11.8. The highest BCUT2D eigenvalue weighted by atomic mass is 35.5. The van der Waals surface area contributed by atoms with Crippen LogP contribution in [0.2, 0.25) is 5.02 Å². The van der Waals surface area contributed by atoms with Crippen molar-refractivity contribution in [3.8, 4) is 0 Å². The van der Waals surface area contributed by atoms with E-state index in [1.807, 2.05) is 6.92 Å². The molecule has 0 aliphatic heterocycles. The summed E-state index contributed by atoms with van der Waals surface area (Å²) in [6.45, 7) is 1.85. The van der Waals surface area contributed by atoms with Gasteiger partial charge in [0.05, 0.1) is 9.92 Å². The Hall–Kier alpha value is -1.87. The second-order valence-electron chi connectivity index (χ2n) is 5.10. The van der Waals surface area contributed by atoms with Crippen molar-refractivity contribution in [3.63, 3.8) is 0 Å². The summed E-state index contributed by atoms with van der Waals surface area (Å²) < 4.78 is 26.5. The standard InChI is InChI=1S/C14H12BClN2O4S/c1-9-2-4-11(5-3-9)23(21,22)18-8-13(15(19)20)12-6-10(16)7-17-14(12)18/h2-8,19-20H,1H3. The van der Waals surface area contributed by atoms with Gasteiger partial charge in [-0.25, -0.2) is 17.4 Å². The van der Waals surface area contributed by atoms with Crippen molar-refractivity contribution < 1.29 is 18.5 Å². The van der Waals surface area contributed by atoms with Crippen molar-refractivity contribution >= 4 is 45.2 Å². The van der Waals surface area contributed by atoms with Gasteiger partial charge in [-0.1, -0.05) is 29.3 Å². The molecule has 9 heteroatoms. The molecule has 0 bridgehead atoms. The van der Waals surface area contributed by atoms with E-state index in [9.17, 15) is 18.5 Å². The third-order valence-corrected chi connectivity index (χ3v) is 5.34. The quantitative estimate of drug-likeness (QED) is 0.685. The van der Waals surface area contributed by atoms with E-state index in [1.54, 1.807) is 12.1 Å². The first-order valence-corrected chi connectivity index (χ1v) is 8.47. The fourth-order valence-corrected chi connectivity index (χ4v) is 3.78. The fraction of sp³-hybridized carbons (Fsp3) is 0.0714. The number of pyridine rings is 1. The second-order valence-corrected chi connectivity index (χ2v) is 7.35. The predicted molar refractivity (Wildman–Crippen MR) is 88.3 cm³/mol. The molecule has 0 saturated carbocycles. The lowest BCUT2D eigenvalue weighted by atomic mass is 9.80. The number of benzene rings is 1. The highest BCUT2D eigenvalue weighted by Gasteiger charge is 2.26. The molecule has 0 atom stereocenters. The smallest absolute Gasteiger partial charge is 0.423 e. The molecule has 2 aromatic heterocycles. The Morgan fingerprint density at radius 3 is 2.48 bits per heavy atom. The molecule has 0 unspecified atom stereocenters. The van der Waals surface area contributed by atoms with E-state index in [1.165, 1.54) is 24.4 Å². The molecule has 3 aromatic rings. The van der Waals surface area contributed by atoms with Gasteiger partial charge in [0, 0.05) is 23.2 Å². The zero-order valence-electron chi connectivity index (χ0n) is 12.0. The minimum atomic E-state index is -3.92. The molecule has 2 N–H and O–H groups in total. The summed E-state index contributed by atoms with van der Waals surface area (Å²) in [5, 5.41) is 19.5. The van der Waals surface area contributed by atoms with Crippen LogP contribution in [0, 0.1) is 6.92 Å². The maximum atomic E-state index is 12.8. The molecular formula is C14H12BClN2O4S. The van der Waals surface area contributed by atoms with E-state index >= 15 is 0 Å². The highest BCUT2D eigenvalue weighted by molar-refractivity contribution is 7.90. The Kier molecular flexibility index (Phi) is 3.93. The first-order chi connectivity index (χ1) is 10.8. The van der Waals surface area contributed by atoms with E-state index in [0.29, 0.717) is 0 Å². The largest absolute Gasteiger partial charge is 0.490 e. The maximum absolute atomic E-state index is 12.8. The van der Waals surface area contributed by atoms with E-state index in [-0.39, 0.29) is 26.4 Å². The minimum Gasteiger partial charge on any atom is -0.423 e. The van der Waals surface area contributed by atoms with Crippen LogP contribution in [-0.2, 0) is 10.0 Å². The maximum Gasteiger partial charge on any atom is 0.490 e. The Morgan fingerprint density at radius 2 is 1.87 bits per heavy atom. The molecule has 0 fully saturated rings. The molecule has 118 valence electrons. The molecule has 3 rings (SSSR count). The van der Waals surface area contributed by atoms with Crippen molar-refractivity contribution in [2.45, 2.75) is 11.8 Å². The van der Waals surface area contributed by atoms with E-state index < -0.39 is 17.1 Å². The number of aryl methyl sites for hydroxylation is 1. The van der Waals surface area contributed by atoms with Gasteiger partial charge in [0.1, 0.15) is 0 Å². The summed E-state index contributed by atoms with van der Waals surface area (Å²) in [5.74, 6) is 0. The van der Waals surface area contributed by atoms with Gasteiger partial charge in [-0.15, -0.1) is 0 Å². The van der Waals surface area contributed by atoms with Gasteiger partial charge in [-0.05, 0) is 25.1 Å². The second kappa shape index (κ2) is 5.65. The van der Waals surface area contributed by atoms with E-state index in [2.05, 4.69) is 4.98 Å². The molecule has 0 radical (unpaired) electrons. The Morgan fingerprint density at radius 1 is 1.22 bits per heavy atom. The molecule has 0 aliphatic carbocycles. The molecular weight excluding hydrogens is 338 g/mol. The lowest BCUT2D eigenvalue weighted by Gasteiger charge is -2.07. The number of nitrogens with zero attached hydrogens (tertiary/aromatic N) is 2. The number of fused-ring (bicyclic) bond motifs is 1. The van der Waals surface area contributed by atoms with Crippen LogP contribution in [0.1, 0.15) is 5.56 Å². The summed E-state index contributed by atoms with van der Waals surface area (Å²) in [7, 11) is -5.76. The van der Waals surface area contributed by atoms with Crippen molar-refractivity contribution in [2.24, 2.45) is 0 Å². The van der Waals surface area contributed by atoms with Gasteiger partial charge in [-0.2, -0.15) is 0 Å². The summed E-state index contributed by atoms with van der Waals surface area (Å²) >= 11 is 5.87. The first kappa shape index (κ1) is 16.0. The zero-order chi connectivity index (χ0) is 16.8. The average molecular weight is 351 g/mol. The van der Waals surface area contributed by atoms with Crippen LogP contribution in [0.15, 0.2) is 47.6 Å². The predicted octanol–water partition coefficient (Wildman–Crippen LogP) is 0.915. The summed E-state index contributed by atoms with van der Waals surface area (Å²) in [4.78, 5) is 4.10. The SMILES string of the molecule is Cc1ccc(S(=O)(=O)n2cc(B(O)O)c3cc(Cl)cnc32)cc1. The number of rotatable bonds is 3. The van der Waals surface area contributed by atoms with Gasteiger partial charge in [-0.3, -0.25) is 0 Å². The number of hydrogen-bond acceptors (Lipinski definition) is 5. The van der Waals surface area contributed by atoms with Crippen LogP contribution >= 0.6 is 11.6 Å². The van der Waals surface area contributed by atoms with Gasteiger partial charge >= 0.3 is 7.12 Å². The first-order valence-electron chi connectivity index (χ1n) is 6.65. The molecule has 0 spiro atoms. The monoisotopic (exact) mass is 350 g/mol.